The fourth-order valence-corrected chi connectivity index (χ4v) is 3.43. The molecule has 6 nitrogen and oxygen atoms in total. The number of benzene rings is 2. The van der Waals surface area contributed by atoms with Crippen LogP contribution in [-0.4, -0.2) is 27.5 Å². The molecule has 0 fully saturated rings. The molecule has 0 atom stereocenters. The minimum Gasteiger partial charge on any atom is -0.495 e. The van der Waals surface area contributed by atoms with Gasteiger partial charge in [-0.25, -0.2) is 12.8 Å². The zero-order chi connectivity index (χ0) is 18.6. The number of hydrogen-bond donors (Lipinski definition) is 2. The molecule has 0 radical (unpaired) electrons. The quantitative estimate of drug-likeness (QED) is 0.823. The van der Waals surface area contributed by atoms with Gasteiger partial charge in [0.1, 0.15) is 16.5 Å². The first kappa shape index (κ1) is 18.7. The molecule has 134 valence electrons. The average molecular weight is 366 g/mol. The standard InChI is InChI=1S/C17H19FN2O4S/c1-11(2)19-17(21)13-6-4-5-7-14(13)20-25(22,23)16-10-12(18)8-9-15(16)24-3/h4-11,20H,1-3H3,(H,19,21). The maximum atomic E-state index is 13.5. The van der Waals surface area contributed by atoms with Crippen LogP contribution in [0.25, 0.3) is 0 Å². The van der Waals surface area contributed by atoms with E-state index >= 15 is 0 Å². The third-order valence-corrected chi connectivity index (χ3v) is 4.64. The normalized spacial score (nSPS) is 11.2. The molecule has 0 saturated carbocycles. The highest BCUT2D eigenvalue weighted by Crippen LogP contribution is 2.27. The Kier molecular flexibility index (Phi) is 5.63. The molecule has 25 heavy (non-hydrogen) atoms. The van der Waals surface area contributed by atoms with Crippen LogP contribution < -0.4 is 14.8 Å². The third kappa shape index (κ3) is 4.48. The molecule has 0 aliphatic heterocycles. The van der Waals surface area contributed by atoms with E-state index in [0.29, 0.717) is 0 Å². The Balaban J connectivity index is 2.43. The summed E-state index contributed by atoms with van der Waals surface area (Å²) in [5.41, 5.74) is 0.252. The van der Waals surface area contributed by atoms with Crippen molar-refractivity contribution in [2.45, 2.75) is 24.8 Å². The monoisotopic (exact) mass is 366 g/mol. The number of para-hydroxylation sites is 1. The Morgan fingerprint density at radius 1 is 1.16 bits per heavy atom. The van der Waals surface area contributed by atoms with Crippen molar-refractivity contribution >= 4 is 21.6 Å². The molecule has 0 spiro atoms. The average Bonchev–Trinajstić information content (AvgIpc) is 2.54. The predicted octanol–water partition coefficient (Wildman–Crippen LogP) is 2.77. The smallest absolute Gasteiger partial charge is 0.265 e. The highest BCUT2D eigenvalue weighted by atomic mass is 32.2. The van der Waals surface area contributed by atoms with Crippen LogP contribution in [0.15, 0.2) is 47.4 Å². The number of rotatable bonds is 6. The summed E-state index contributed by atoms with van der Waals surface area (Å²) >= 11 is 0. The van der Waals surface area contributed by atoms with Crippen molar-refractivity contribution in [2.24, 2.45) is 0 Å². The van der Waals surface area contributed by atoms with Crippen molar-refractivity contribution in [1.82, 2.24) is 5.32 Å². The summed E-state index contributed by atoms with van der Waals surface area (Å²) in [6, 6.07) is 9.24. The second kappa shape index (κ2) is 7.52. The van der Waals surface area contributed by atoms with Crippen molar-refractivity contribution in [3.05, 3.63) is 53.8 Å². The van der Waals surface area contributed by atoms with Gasteiger partial charge in [-0.05, 0) is 44.2 Å². The van der Waals surface area contributed by atoms with E-state index < -0.39 is 21.7 Å². The zero-order valence-electron chi connectivity index (χ0n) is 14.0. The van der Waals surface area contributed by atoms with Gasteiger partial charge in [-0.2, -0.15) is 0 Å². The molecule has 0 aromatic heterocycles. The highest BCUT2D eigenvalue weighted by molar-refractivity contribution is 7.92. The molecule has 0 aliphatic rings. The van der Waals surface area contributed by atoms with Crippen molar-refractivity contribution in [1.29, 1.82) is 0 Å². The lowest BCUT2D eigenvalue weighted by Crippen LogP contribution is -2.31. The number of ether oxygens (including phenoxy) is 1. The summed E-state index contributed by atoms with van der Waals surface area (Å²) in [4.78, 5) is 11.9. The van der Waals surface area contributed by atoms with Gasteiger partial charge in [0.15, 0.2) is 0 Å². The van der Waals surface area contributed by atoms with Crippen LogP contribution in [0.5, 0.6) is 5.75 Å². The molecule has 2 aromatic carbocycles. The Bertz CT molecular complexity index is 882. The number of anilines is 1. The molecular weight excluding hydrogens is 347 g/mol. The van der Waals surface area contributed by atoms with Gasteiger partial charge in [-0.15, -0.1) is 0 Å². The Morgan fingerprint density at radius 3 is 2.48 bits per heavy atom. The van der Waals surface area contributed by atoms with Gasteiger partial charge in [0.05, 0.1) is 18.4 Å². The number of methoxy groups -OCH3 is 1. The largest absolute Gasteiger partial charge is 0.495 e. The third-order valence-electron chi connectivity index (χ3n) is 3.25. The van der Waals surface area contributed by atoms with E-state index in [0.717, 1.165) is 12.1 Å². The van der Waals surface area contributed by atoms with Crippen LogP contribution in [0, 0.1) is 5.82 Å². The summed E-state index contributed by atoms with van der Waals surface area (Å²) in [5.74, 6) is -1.13. The number of amides is 1. The van der Waals surface area contributed by atoms with Gasteiger partial charge in [0.2, 0.25) is 0 Å². The van der Waals surface area contributed by atoms with Gasteiger partial charge in [0.25, 0.3) is 15.9 Å². The number of nitrogens with one attached hydrogen (secondary N) is 2. The molecule has 0 bridgehead atoms. The maximum absolute atomic E-state index is 13.5. The molecule has 2 aromatic rings. The van der Waals surface area contributed by atoms with E-state index in [-0.39, 0.29) is 27.9 Å². The Labute approximate surface area is 146 Å². The first-order valence-corrected chi connectivity index (χ1v) is 8.99. The summed E-state index contributed by atoms with van der Waals surface area (Å²) in [6.07, 6.45) is 0. The van der Waals surface area contributed by atoms with E-state index in [1.807, 2.05) is 0 Å². The predicted molar refractivity (Wildman–Crippen MR) is 92.8 cm³/mol. The molecule has 0 aliphatic carbocycles. The number of carbonyl (C=O) groups is 1. The fraction of sp³-hybridized carbons (Fsp3) is 0.235. The van der Waals surface area contributed by atoms with Crippen LogP contribution in [0.2, 0.25) is 0 Å². The molecule has 0 heterocycles. The number of carbonyl (C=O) groups excluding carboxylic acids is 1. The topological polar surface area (TPSA) is 84.5 Å². The zero-order valence-corrected chi connectivity index (χ0v) is 14.9. The van der Waals surface area contributed by atoms with Crippen molar-refractivity contribution < 1.29 is 22.3 Å². The summed E-state index contributed by atoms with van der Waals surface area (Å²) in [7, 11) is -2.87. The second-order valence-corrected chi connectivity index (χ2v) is 7.23. The van der Waals surface area contributed by atoms with Crippen LogP contribution in [0.1, 0.15) is 24.2 Å². The van der Waals surface area contributed by atoms with Crippen LogP contribution in [-0.2, 0) is 10.0 Å². The molecule has 2 rings (SSSR count). The molecule has 0 unspecified atom stereocenters. The van der Waals surface area contributed by atoms with E-state index in [1.54, 1.807) is 26.0 Å². The Morgan fingerprint density at radius 2 is 1.84 bits per heavy atom. The van der Waals surface area contributed by atoms with Gasteiger partial charge in [-0.1, -0.05) is 12.1 Å². The fourth-order valence-electron chi connectivity index (χ4n) is 2.17. The molecule has 0 saturated heterocycles. The van der Waals surface area contributed by atoms with Crippen LogP contribution >= 0.6 is 0 Å². The van der Waals surface area contributed by atoms with Crippen molar-refractivity contribution in [2.75, 3.05) is 11.8 Å². The van der Waals surface area contributed by atoms with E-state index in [2.05, 4.69) is 10.0 Å². The first-order valence-electron chi connectivity index (χ1n) is 7.51. The lowest BCUT2D eigenvalue weighted by Gasteiger charge is -2.15. The maximum Gasteiger partial charge on any atom is 0.265 e. The van der Waals surface area contributed by atoms with Gasteiger partial charge in [-0.3, -0.25) is 9.52 Å². The number of sulfonamides is 1. The molecule has 1 amide bonds. The van der Waals surface area contributed by atoms with Gasteiger partial charge < -0.3 is 10.1 Å². The summed E-state index contributed by atoms with van der Waals surface area (Å²) in [6.45, 7) is 3.59. The highest BCUT2D eigenvalue weighted by Gasteiger charge is 2.23. The lowest BCUT2D eigenvalue weighted by molar-refractivity contribution is 0.0944. The lowest BCUT2D eigenvalue weighted by atomic mass is 10.1. The minimum absolute atomic E-state index is 0.00184. The van der Waals surface area contributed by atoms with Crippen molar-refractivity contribution in [3.8, 4) is 5.75 Å². The summed E-state index contributed by atoms with van der Waals surface area (Å²) in [5, 5.41) is 2.70. The number of hydrogen-bond acceptors (Lipinski definition) is 4. The van der Waals surface area contributed by atoms with Crippen LogP contribution in [0.4, 0.5) is 10.1 Å². The van der Waals surface area contributed by atoms with E-state index in [4.69, 9.17) is 4.74 Å². The summed E-state index contributed by atoms with van der Waals surface area (Å²) < 4.78 is 46.1. The van der Waals surface area contributed by atoms with E-state index in [9.17, 15) is 17.6 Å². The van der Waals surface area contributed by atoms with Gasteiger partial charge >= 0.3 is 0 Å². The van der Waals surface area contributed by atoms with Gasteiger partial charge in [0, 0.05) is 6.04 Å². The number of halogens is 1. The molecule has 2 N–H and O–H groups in total. The molecule has 8 heteroatoms. The van der Waals surface area contributed by atoms with Crippen LogP contribution in [0.3, 0.4) is 0 Å². The second-order valence-electron chi connectivity index (χ2n) is 5.57. The molecular formula is C17H19FN2O4S. The first-order chi connectivity index (χ1) is 11.7. The minimum atomic E-state index is -4.16. The van der Waals surface area contributed by atoms with E-state index in [1.165, 1.54) is 25.3 Å². The SMILES string of the molecule is COc1ccc(F)cc1S(=O)(=O)Nc1ccccc1C(=O)NC(C)C. The van der Waals surface area contributed by atoms with Crippen molar-refractivity contribution in [3.63, 3.8) is 0 Å². The Hall–Kier alpha value is -2.61.